The molecule has 0 aromatic heterocycles. The molecule has 1 aromatic rings. The highest BCUT2D eigenvalue weighted by molar-refractivity contribution is 5.94. The number of nitrogens with zero attached hydrogens (tertiary/aromatic N) is 2. The lowest BCUT2D eigenvalue weighted by Gasteiger charge is -2.16. The van der Waals surface area contributed by atoms with Crippen LogP contribution in [0.4, 0.5) is 0 Å². The van der Waals surface area contributed by atoms with E-state index in [0.717, 1.165) is 26.1 Å². The van der Waals surface area contributed by atoms with Crippen molar-refractivity contribution in [2.45, 2.75) is 6.42 Å². The molecule has 2 rings (SSSR count). The molecule has 1 aromatic carbocycles. The minimum absolute atomic E-state index is 0.0677. The monoisotopic (exact) mass is 243 g/mol. The fraction of sp³-hybridized carbons (Fsp3) is 0.429. The molecular formula is C14H17N3O. The fourth-order valence-corrected chi connectivity index (χ4v) is 2.34. The minimum atomic E-state index is 0.0677. The van der Waals surface area contributed by atoms with Gasteiger partial charge in [-0.1, -0.05) is 0 Å². The van der Waals surface area contributed by atoms with E-state index in [1.165, 1.54) is 0 Å². The summed E-state index contributed by atoms with van der Waals surface area (Å²) < 4.78 is 0. The van der Waals surface area contributed by atoms with Crippen LogP contribution < -0.4 is 5.32 Å². The molecule has 0 spiro atoms. The van der Waals surface area contributed by atoms with Gasteiger partial charge in [0, 0.05) is 18.7 Å². The van der Waals surface area contributed by atoms with Gasteiger partial charge in [-0.25, -0.2) is 0 Å². The van der Waals surface area contributed by atoms with Gasteiger partial charge in [-0.2, -0.15) is 5.26 Å². The van der Waals surface area contributed by atoms with E-state index < -0.39 is 0 Å². The van der Waals surface area contributed by atoms with Crippen LogP contribution in [0.25, 0.3) is 0 Å². The van der Waals surface area contributed by atoms with Crippen LogP contribution in [0.15, 0.2) is 24.3 Å². The summed E-state index contributed by atoms with van der Waals surface area (Å²) in [6.45, 7) is 2.60. The Morgan fingerprint density at radius 1 is 1.50 bits per heavy atom. The molecule has 1 aliphatic rings. The number of nitrogens with one attached hydrogen (secondary N) is 1. The van der Waals surface area contributed by atoms with Gasteiger partial charge in [-0.3, -0.25) is 4.79 Å². The van der Waals surface area contributed by atoms with Crippen LogP contribution >= 0.6 is 0 Å². The van der Waals surface area contributed by atoms with Gasteiger partial charge in [0.25, 0.3) is 5.91 Å². The van der Waals surface area contributed by atoms with E-state index in [1.807, 2.05) is 11.9 Å². The zero-order valence-corrected chi connectivity index (χ0v) is 10.5. The maximum Gasteiger partial charge on any atom is 0.253 e. The van der Waals surface area contributed by atoms with E-state index in [0.29, 0.717) is 17.0 Å². The molecule has 0 radical (unpaired) electrons. The molecule has 1 heterocycles. The molecule has 1 aliphatic heterocycles. The Hall–Kier alpha value is -1.86. The van der Waals surface area contributed by atoms with E-state index in [1.54, 1.807) is 24.3 Å². The summed E-state index contributed by atoms with van der Waals surface area (Å²) in [5, 5.41) is 11.9. The van der Waals surface area contributed by atoms with Crippen molar-refractivity contribution < 1.29 is 4.79 Å². The van der Waals surface area contributed by atoms with Gasteiger partial charge < -0.3 is 10.2 Å². The number of hydrogen-bond donors (Lipinski definition) is 1. The molecule has 4 nitrogen and oxygen atoms in total. The van der Waals surface area contributed by atoms with Crippen molar-refractivity contribution in [3.8, 4) is 6.07 Å². The van der Waals surface area contributed by atoms with Crippen LogP contribution in [0.5, 0.6) is 0 Å². The van der Waals surface area contributed by atoms with Gasteiger partial charge in [0.05, 0.1) is 11.6 Å². The van der Waals surface area contributed by atoms with Crippen LogP contribution in [0.2, 0.25) is 0 Å². The van der Waals surface area contributed by atoms with Gasteiger partial charge in [-0.15, -0.1) is 0 Å². The van der Waals surface area contributed by atoms with Crippen LogP contribution in [0, 0.1) is 17.2 Å². The molecule has 0 saturated carbocycles. The average Bonchev–Trinajstić information content (AvgIpc) is 2.87. The van der Waals surface area contributed by atoms with E-state index in [9.17, 15) is 4.79 Å². The summed E-state index contributed by atoms with van der Waals surface area (Å²) in [6.07, 6.45) is 1.06. The number of carbonyl (C=O) groups excluding carboxylic acids is 1. The zero-order valence-electron chi connectivity index (χ0n) is 10.5. The average molecular weight is 243 g/mol. The Kier molecular flexibility index (Phi) is 3.96. The number of nitriles is 1. The van der Waals surface area contributed by atoms with Gasteiger partial charge in [-0.05, 0) is 50.2 Å². The smallest absolute Gasteiger partial charge is 0.253 e. The van der Waals surface area contributed by atoms with E-state index in [2.05, 4.69) is 11.4 Å². The van der Waals surface area contributed by atoms with Gasteiger partial charge in [0.2, 0.25) is 0 Å². The molecule has 0 bridgehead atoms. The van der Waals surface area contributed by atoms with Crippen molar-refractivity contribution in [3.63, 3.8) is 0 Å². The molecular weight excluding hydrogens is 226 g/mol. The number of hydrogen-bond acceptors (Lipinski definition) is 3. The fourth-order valence-electron chi connectivity index (χ4n) is 2.34. The van der Waals surface area contributed by atoms with Gasteiger partial charge >= 0.3 is 0 Å². The van der Waals surface area contributed by atoms with Crippen molar-refractivity contribution in [2.75, 3.05) is 26.7 Å². The number of rotatable bonds is 3. The van der Waals surface area contributed by atoms with E-state index in [4.69, 9.17) is 5.26 Å². The Labute approximate surface area is 107 Å². The third kappa shape index (κ3) is 2.69. The Bertz CT molecular complexity index is 461. The third-order valence-corrected chi connectivity index (χ3v) is 3.33. The largest absolute Gasteiger partial charge is 0.338 e. The quantitative estimate of drug-likeness (QED) is 0.869. The highest BCUT2D eigenvalue weighted by Crippen LogP contribution is 2.18. The van der Waals surface area contributed by atoms with Gasteiger partial charge in [0.1, 0.15) is 0 Å². The van der Waals surface area contributed by atoms with Crippen molar-refractivity contribution in [1.82, 2.24) is 10.2 Å². The number of benzene rings is 1. The first-order chi connectivity index (χ1) is 8.74. The topological polar surface area (TPSA) is 56.1 Å². The number of carbonyl (C=O) groups is 1. The summed E-state index contributed by atoms with van der Waals surface area (Å²) in [6, 6.07) is 8.89. The lowest BCUT2D eigenvalue weighted by atomic mass is 10.1. The second-order valence-corrected chi connectivity index (χ2v) is 4.65. The SMILES string of the molecule is CNC[C@H]1CCN(C(=O)c2ccc(C#N)cc2)C1. The first kappa shape index (κ1) is 12.6. The lowest BCUT2D eigenvalue weighted by Crippen LogP contribution is -2.30. The molecule has 94 valence electrons. The summed E-state index contributed by atoms with van der Waals surface area (Å²) in [5.74, 6) is 0.621. The highest BCUT2D eigenvalue weighted by atomic mass is 16.2. The molecule has 0 aliphatic carbocycles. The molecule has 1 atom stereocenters. The highest BCUT2D eigenvalue weighted by Gasteiger charge is 2.26. The van der Waals surface area contributed by atoms with Crippen LogP contribution in [0.1, 0.15) is 22.3 Å². The van der Waals surface area contributed by atoms with Crippen LogP contribution in [0.3, 0.4) is 0 Å². The predicted molar refractivity (Wildman–Crippen MR) is 69.1 cm³/mol. The molecule has 1 amide bonds. The van der Waals surface area contributed by atoms with Crippen molar-refractivity contribution in [2.24, 2.45) is 5.92 Å². The maximum absolute atomic E-state index is 12.2. The van der Waals surface area contributed by atoms with Crippen LogP contribution in [-0.4, -0.2) is 37.5 Å². The summed E-state index contributed by atoms with van der Waals surface area (Å²) in [7, 11) is 1.94. The third-order valence-electron chi connectivity index (χ3n) is 3.33. The van der Waals surface area contributed by atoms with E-state index >= 15 is 0 Å². The number of amides is 1. The standard InChI is InChI=1S/C14H17N3O/c1-16-9-12-6-7-17(10-12)14(18)13-4-2-11(8-15)3-5-13/h2-5,12,16H,6-7,9-10H2,1H3/t12-/m1/s1. The Balaban J connectivity index is 2.01. The molecule has 18 heavy (non-hydrogen) atoms. The van der Waals surface area contributed by atoms with Gasteiger partial charge in [0.15, 0.2) is 0 Å². The Morgan fingerprint density at radius 3 is 2.83 bits per heavy atom. The minimum Gasteiger partial charge on any atom is -0.338 e. The van der Waals surface area contributed by atoms with Crippen molar-refractivity contribution >= 4 is 5.91 Å². The molecule has 0 unspecified atom stereocenters. The van der Waals surface area contributed by atoms with E-state index in [-0.39, 0.29) is 5.91 Å². The molecule has 1 fully saturated rings. The second kappa shape index (κ2) is 5.65. The molecule has 4 heteroatoms. The van der Waals surface area contributed by atoms with Crippen molar-refractivity contribution in [3.05, 3.63) is 35.4 Å². The number of likely N-dealkylation sites (tertiary alicyclic amines) is 1. The van der Waals surface area contributed by atoms with Crippen LogP contribution in [-0.2, 0) is 0 Å². The summed E-state index contributed by atoms with van der Waals surface area (Å²) >= 11 is 0. The normalized spacial score (nSPS) is 18.7. The predicted octanol–water partition coefficient (Wildman–Crippen LogP) is 1.24. The summed E-state index contributed by atoms with van der Waals surface area (Å²) in [5.41, 5.74) is 1.25. The zero-order chi connectivity index (χ0) is 13.0. The van der Waals surface area contributed by atoms with Crippen molar-refractivity contribution in [1.29, 1.82) is 5.26 Å². The first-order valence-electron chi connectivity index (χ1n) is 6.18. The maximum atomic E-state index is 12.2. The first-order valence-corrected chi connectivity index (χ1v) is 6.18. The molecule has 1 saturated heterocycles. The Morgan fingerprint density at radius 2 is 2.22 bits per heavy atom. The second-order valence-electron chi connectivity index (χ2n) is 4.65. The molecule has 1 N–H and O–H groups in total. The lowest BCUT2D eigenvalue weighted by molar-refractivity contribution is 0.0787. The summed E-state index contributed by atoms with van der Waals surface area (Å²) in [4.78, 5) is 14.1.